The minimum Gasteiger partial charge on any atom is -0.273 e. The van der Waals surface area contributed by atoms with Gasteiger partial charge in [0, 0.05) is 19.0 Å². The number of hydrogen-bond acceptors (Lipinski definition) is 3. The molecule has 0 unspecified atom stereocenters. The fourth-order valence-corrected chi connectivity index (χ4v) is 0.815. The Morgan fingerprint density at radius 3 is 2.43 bits per heavy atom. The number of carbonyl (C=O) groups is 1. The molecule has 0 atom stereocenters. The van der Waals surface area contributed by atoms with E-state index in [1.807, 2.05) is 0 Å². The number of benzene rings is 1. The molecule has 0 bridgehead atoms. The van der Waals surface area contributed by atoms with Crippen LogP contribution in [0.1, 0.15) is 6.92 Å². The molecule has 0 fully saturated rings. The third-order valence-electron chi connectivity index (χ3n) is 1.58. The molecule has 0 heterocycles. The molecule has 74 valence electrons. The molecule has 0 radical (unpaired) electrons. The Kier molecular flexibility index (Phi) is 3.59. The van der Waals surface area contributed by atoms with Gasteiger partial charge in [-0.1, -0.05) is 16.8 Å². The van der Waals surface area contributed by atoms with Crippen LogP contribution in [-0.4, -0.2) is 18.0 Å². The lowest BCUT2D eigenvalue weighted by molar-refractivity contribution is -0.127. The second-order valence-corrected chi connectivity index (χ2v) is 3.14. The molecule has 4 nitrogen and oxygen atoms in total. The molecule has 0 aromatic heterocycles. The largest absolute Gasteiger partial charge is 0.273 e. The molecule has 1 aromatic carbocycles. The molecular formula is C9H10ClN3O. The van der Waals surface area contributed by atoms with Crippen molar-refractivity contribution >= 4 is 23.2 Å². The van der Waals surface area contributed by atoms with Crippen molar-refractivity contribution in [1.29, 1.82) is 0 Å². The SMILES string of the molecule is CC(=O)N(C)N=Nc1ccc(Cl)cc1. The van der Waals surface area contributed by atoms with Crippen LogP contribution in [0.15, 0.2) is 34.6 Å². The zero-order valence-electron chi connectivity index (χ0n) is 7.94. The van der Waals surface area contributed by atoms with Crippen LogP contribution >= 0.6 is 11.6 Å². The standard InChI is InChI=1S/C9H10ClN3O/c1-7(14)13(2)12-11-9-5-3-8(10)4-6-9/h3-6H,1-2H3. The van der Waals surface area contributed by atoms with Gasteiger partial charge in [-0.25, -0.2) is 5.01 Å². The highest BCUT2D eigenvalue weighted by atomic mass is 35.5. The van der Waals surface area contributed by atoms with Crippen molar-refractivity contribution in [3.05, 3.63) is 29.3 Å². The molecule has 5 heteroatoms. The van der Waals surface area contributed by atoms with Gasteiger partial charge in [0.05, 0.1) is 5.69 Å². The maximum atomic E-state index is 10.8. The summed E-state index contributed by atoms with van der Waals surface area (Å²) in [6, 6.07) is 6.87. The monoisotopic (exact) mass is 211 g/mol. The molecular weight excluding hydrogens is 202 g/mol. The lowest BCUT2D eigenvalue weighted by atomic mass is 10.3. The summed E-state index contributed by atoms with van der Waals surface area (Å²) in [6.45, 7) is 1.42. The molecule has 14 heavy (non-hydrogen) atoms. The van der Waals surface area contributed by atoms with Gasteiger partial charge < -0.3 is 0 Å². The van der Waals surface area contributed by atoms with Gasteiger partial charge in [0.2, 0.25) is 5.91 Å². The van der Waals surface area contributed by atoms with Gasteiger partial charge in [0.25, 0.3) is 0 Å². The van der Waals surface area contributed by atoms with Crippen LogP contribution in [0.5, 0.6) is 0 Å². The topological polar surface area (TPSA) is 45.0 Å². The summed E-state index contributed by atoms with van der Waals surface area (Å²) in [4.78, 5) is 10.8. The second-order valence-electron chi connectivity index (χ2n) is 2.71. The van der Waals surface area contributed by atoms with E-state index in [9.17, 15) is 4.79 Å². The van der Waals surface area contributed by atoms with Crippen LogP contribution in [0.25, 0.3) is 0 Å². The molecule has 0 aliphatic carbocycles. The van der Waals surface area contributed by atoms with Crippen molar-refractivity contribution in [3.8, 4) is 0 Å². The fraction of sp³-hybridized carbons (Fsp3) is 0.222. The molecule has 1 aromatic rings. The number of hydrogen-bond donors (Lipinski definition) is 0. The molecule has 1 rings (SSSR count). The van der Waals surface area contributed by atoms with Gasteiger partial charge in [-0.2, -0.15) is 0 Å². The van der Waals surface area contributed by atoms with Gasteiger partial charge in [0.1, 0.15) is 0 Å². The van der Waals surface area contributed by atoms with E-state index < -0.39 is 0 Å². The Bertz CT molecular complexity index is 348. The summed E-state index contributed by atoms with van der Waals surface area (Å²) in [6.07, 6.45) is 0. The molecule has 0 saturated carbocycles. The van der Waals surface area contributed by atoms with Crippen molar-refractivity contribution < 1.29 is 4.79 Å². The van der Waals surface area contributed by atoms with E-state index in [0.29, 0.717) is 10.7 Å². The highest BCUT2D eigenvalue weighted by Crippen LogP contribution is 2.16. The summed E-state index contributed by atoms with van der Waals surface area (Å²) in [5.74, 6) is -0.164. The first-order chi connectivity index (χ1) is 6.59. The van der Waals surface area contributed by atoms with Crippen molar-refractivity contribution in [3.63, 3.8) is 0 Å². The Labute approximate surface area is 87.2 Å². The summed E-state index contributed by atoms with van der Waals surface area (Å²) in [5.41, 5.74) is 0.655. The third kappa shape index (κ3) is 3.14. The first kappa shape index (κ1) is 10.7. The molecule has 0 spiro atoms. The summed E-state index contributed by atoms with van der Waals surface area (Å²) < 4.78 is 0. The van der Waals surface area contributed by atoms with Crippen molar-refractivity contribution in [2.45, 2.75) is 6.92 Å². The van der Waals surface area contributed by atoms with Gasteiger partial charge in [0.15, 0.2) is 0 Å². The van der Waals surface area contributed by atoms with Gasteiger partial charge in [-0.3, -0.25) is 4.79 Å². The van der Waals surface area contributed by atoms with Crippen LogP contribution in [0.4, 0.5) is 5.69 Å². The highest BCUT2D eigenvalue weighted by Gasteiger charge is 1.97. The Morgan fingerprint density at radius 1 is 1.36 bits per heavy atom. The van der Waals surface area contributed by atoms with E-state index >= 15 is 0 Å². The van der Waals surface area contributed by atoms with Crippen LogP contribution in [0.3, 0.4) is 0 Å². The first-order valence-electron chi connectivity index (χ1n) is 4.01. The van der Waals surface area contributed by atoms with E-state index in [-0.39, 0.29) is 5.91 Å². The van der Waals surface area contributed by atoms with E-state index in [4.69, 9.17) is 11.6 Å². The van der Waals surface area contributed by atoms with E-state index in [1.54, 1.807) is 31.3 Å². The molecule has 0 aliphatic rings. The number of amides is 1. The van der Waals surface area contributed by atoms with Crippen molar-refractivity contribution in [1.82, 2.24) is 5.01 Å². The van der Waals surface area contributed by atoms with Gasteiger partial charge in [-0.15, -0.1) is 5.11 Å². The average Bonchev–Trinajstić information content (AvgIpc) is 2.16. The van der Waals surface area contributed by atoms with Gasteiger partial charge in [-0.05, 0) is 24.3 Å². The van der Waals surface area contributed by atoms with Crippen molar-refractivity contribution in [2.75, 3.05) is 7.05 Å². The number of halogens is 1. The predicted molar refractivity (Wildman–Crippen MR) is 54.4 cm³/mol. The summed E-state index contributed by atoms with van der Waals surface area (Å²) in [5, 5.41) is 9.33. The van der Waals surface area contributed by atoms with Gasteiger partial charge >= 0.3 is 0 Å². The quantitative estimate of drug-likeness (QED) is 0.548. The Balaban J connectivity index is 2.69. The van der Waals surface area contributed by atoms with E-state index in [0.717, 1.165) is 5.01 Å². The fourth-order valence-electron chi connectivity index (χ4n) is 0.689. The zero-order chi connectivity index (χ0) is 10.6. The maximum Gasteiger partial charge on any atom is 0.240 e. The molecule has 0 saturated heterocycles. The van der Waals surface area contributed by atoms with E-state index in [2.05, 4.69) is 10.3 Å². The zero-order valence-corrected chi connectivity index (χ0v) is 8.69. The lowest BCUT2D eigenvalue weighted by Gasteiger charge is -2.03. The smallest absolute Gasteiger partial charge is 0.240 e. The lowest BCUT2D eigenvalue weighted by Crippen LogP contribution is -2.15. The molecule has 0 aliphatic heterocycles. The third-order valence-corrected chi connectivity index (χ3v) is 1.83. The maximum absolute atomic E-state index is 10.8. The average molecular weight is 212 g/mol. The Hall–Kier alpha value is -1.42. The van der Waals surface area contributed by atoms with Crippen LogP contribution < -0.4 is 0 Å². The minimum atomic E-state index is -0.164. The molecule has 1 amide bonds. The number of nitrogens with zero attached hydrogens (tertiary/aromatic N) is 3. The van der Waals surface area contributed by atoms with E-state index in [1.165, 1.54) is 6.92 Å². The summed E-state index contributed by atoms with van der Waals surface area (Å²) >= 11 is 5.69. The molecule has 0 N–H and O–H groups in total. The van der Waals surface area contributed by atoms with Crippen LogP contribution in [0.2, 0.25) is 5.02 Å². The summed E-state index contributed by atoms with van der Waals surface area (Å²) in [7, 11) is 1.54. The Morgan fingerprint density at radius 2 is 1.93 bits per heavy atom. The first-order valence-corrected chi connectivity index (χ1v) is 4.39. The second kappa shape index (κ2) is 4.72. The number of carbonyl (C=O) groups excluding carboxylic acids is 1. The minimum absolute atomic E-state index is 0.164. The predicted octanol–water partition coefficient (Wildman–Crippen LogP) is 2.82. The van der Waals surface area contributed by atoms with Crippen molar-refractivity contribution in [2.24, 2.45) is 10.3 Å². The highest BCUT2D eigenvalue weighted by molar-refractivity contribution is 6.30. The van der Waals surface area contributed by atoms with Crippen LogP contribution in [-0.2, 0) is 4.79 Å². The van der Waals surface area contributed by atoms with Crippen LogP contribution in [0, 0.1) is 0 Å². The normalized spacial score (nSPS) is 10.5. The number of rotatable bonds is 2.